The maximum Gasteiger partial charge on any atom is 0.356 e. The molecule has 20 heavy (non-hydrogen) atoms. The standard InChI is InChI=1S/C12H15N3O4S/c1-19-12(16)9-4-5-10(15(17)18)11(14-9)13-8-3-2-6-20-7-8/h4-5,8H,2-3,6-7H2,1H3,(H,13,14). The first-order valence-electron chi connectivity index (χ1n) is 6.20. The van der Waals surface area contributed by atoms with Gasteiger partial charge >= 0.3 is 11.7 Å². The lowest BCUT2D eigenvalue weighted by Gasteiger charge is -2.22. The van der Waals surface area contributed by atoms with Crippen molar-refractivity contribution in [1.82, 2.24) is 4.98 Å². The fourth-order valence-electron chi connectivity index (χ4n) is 1.97. The second kappa shape index (κ2) is 6.56. The summed E-state index contributed by atoms with van der Waals surface area (Å²) in [7, 11) is 1.25. The van der Waals surface area contributed by atoms with Crippen molar-refractivity contribution in [3.8, 4) is 0 Å². The van der Waals surface area contributed by atoms with Crippen molar-refractivity contribution in [1.29, 1.82) is 0 Å². The Morgan fingerprint density at radius 3 is 3.00 bits per heavy atom. The number of anilines is 1. The lowest BCUT2D eigenvalue weighted by Crippen LogP contribution is -2.27. The molecule has 1 aromatic heterocycles. The number of nitro groups is 1. The molecule has 2 rings (SSSR count). The number of ether oxygens (including phenoxy) is 1. The minimum Gasteiger partial charge on any atom is -0.464 e. The van der Waals surface area contributed by atoms with Crippen LogP contribution >= 0.6 is 11.8 Å². The fraction of sp³-hybridized carbons (Fsp3) is 0.500. The van der Waals surface area contributed by atoms with Crippen LogP contribution in [0, 0.1) is 10.1 Å². The summed E-state index contributed by atoms with van der Waals surface area (Å²) in [5.41, 5.74) is -0.0720. The van der Waals surface area contributed by atoms with Gasteiger partial charge in [0.05, 0.1) is 12.0 Å². The van der Waals surface area contributed by atoms with Gasteiger partial charge < -0.3 is 10.1 Å². The average Bonchev–Trinajstić information content (AvgIpc) is 2.47. The van der Waals surface area contributed by atoms with E-state index in [1.54, 1.807) is 11.8 Å². The van der Waals surface area contributed by atoms with Gasteiger partial charge in [-0.1, -0.05) is 0 Å². The van der Waals surface area contributed by atoms with E-state index in [0.29, 0.717) is 0 Å². The van der Waals surface area contributed by atoms with Crippen LogP contribution in [0.15, 0.2) is 12.1 Å². The number of hydrogen-bond donors (Lipinski definition) is 1. The zero-order valence-electron chi connectivity index (χ0n) is 11.0. The minimum absolute atomic E-state index is 0.0593. The number of nitrogens with zero attached hydrogens (tertiary/aromatic N) is 2. The molecule has 0 radical (unpaired) electrons. The van der Waals surface area contributed by atoms with Crippen LogP contribution in [-0.4, -0.2) is 40.5 Å². The van der Waals surface area contributed by atoms with Crippen molar-refractivity contribution in [2.75, 3.05) is 23.9 Å². The molecular formula is C12H15N3O4S. The van der Waals surface area contributed by atoms with E-state index in [1.807, 2.05) is 0 Å². The van der Waals surface area contributed by atoms with E-state index in [4.69, 9.17) is 0 Å². The zero-order chi connectivity index (χ0) is 14.5. The van der Waals surface area contributed by atoms with Crippen molar-refractivity contribution in [2.24, 2.45) is 0 Å². The first-order chi connectivity index (χ1) is 9.61. The highest BCUT2D eigenvalue weighted by atomic mass is 32.2. The molecule has 0 bridgehead atoms. The minimum atomic E-state index is -0.610. The summed E-state index contributed by atoms with van der Waals surface area (Å²) in [4.78, 5) is 26.0. The number of aromatic nitrogens is 1. The normalized spacial score (nSPS) is 18.4. The summed E-state index contributed by atoms with van der Waals surface area (Å²) in [5, 5.41) is 14.1. The third-order valence-electron chi connectivity index (χ3n) is 2.97. The summed E-state index contributed by atoms with van der Waals surface area (Å²) >= 11 is 1.80. The predicted molar refractivity (Wildman–Crippen MR) is 76.2 cm³/mol. The molecule has 8 heteroatoms. The Balaban J connectivity index is 2.26. The molecule has 7 nitrogen and oxygen atoms in total. The molecule has 0 aromatic carbocycles. The molecule has 1 atom stereocenters. The van der Waals surface area contributed by atoms with Crippen LogP contribution < -0.4 is 5.32 Å². The molecule has 0 saturated carbocycles. The van der Waals surface area contributed by atoms with Crippen molar-refractivity contribution >= 4 is 29.2 Å². The fourth-order valence-corrected chi connectivity index (χ4v) is 3.04. The van der Waals surface area contributed by atoms with Crippen molar-refractivity contribution in [3.05, 3.63) is 27.9 Å². The van der Waals surface area contributed by atoms with Crippen LogP contribution in [0.1, 0.15) is 23.3 Å². The number of pyridine rings is 1. The number of nitrogens with one attached hydrogen (secondary N) is 1. The highest BCUT2D eigenvalue weighted by Gasteiger charge is 2.22. The number of methoxy groups -OCH3 is 1. The van der Waals surface area contributed by atoms with Gasteiger partial charge in [0.15, 0.2) is 5.69 Å². The highest BCUT2D eigenvalue weighted by Crippen LogP contribution is 2.26. The summed E-state index contributed by atoms with van der Waals surface area (Å²) in [5.74, 6) is 1.50. The lowest BCUT2D eigenvalue weighted by atomic mass is 10.2. The molecule has 1 fully saturated rings. The van der Waals surface area contributed by atoms with Gasteiger partial charge in [0, 0.05) is 17.9 Å². The predicted octanol–water partition coefficient (Wildman–Crippen LogP) is 2.08. The number of thioether (sulfide) groups is 1. The van der Waals surface area contributed by atoms with Gasteiger partial charge in [-0.2, -0.15) is 11.8 Å². The van der Waals surface area contributed by atoms with E-state index < -0.39 is 10.9 Å². The second-order valence-electron chi connectivity index (χ2n) is 4.37. The molecule has 2 heterocycles. The molecule has 1 N–H and O–H groups in total. The van der Waals surface area contributed by atoms with Crippen LogP contribution in [0.3, 0.4) is 0 Å². The number of esters is 1. The molecule has 1 aliphatic rings. The van der Waals surface area contributed by atoms with Gasteiger partial charge in [0.2, 0.25) is 5.82 Å². The maximum absolute atomic E-state index is 11.5. The Morgan fingerprint density at radius 2 is 2.40 bits per heavy atom. The van der Waals surface area contributed by atoms with Crippen molar-refractivity contribution < 1.29 is 14.5 Å². The maximum atomic E-state index is 11.5. The van der Waals surface area contributed by atoms with Gasteiger partial charge in [-0.15, -0.1) is 0 Å². The van der Waals surface area contributed by atoms with Crippen LogP contribution in [0.25, 0.3) is 0 Å². The largest absolute Gasteiger partial charge is 0.464 e. The quantitative estimate of drug-likeness (QED) is 0.516. The van der Waals surface area contributed by atoms with Crippen LogP contribution in [-0.2, 0) is 4.74 Å². The SMILES string of the molecule is COC(=O)c1ccc([N+](=O)[O-])c(NC2CCCSC2)n1. The first-order valence-corrected chi connectivity index (χ1v) is 7.35. The van der Waals surface area contributed by atoms with Gasteiger partial charge in [-0.3, -0.25) is 10.1 Å². The number of hydrogen-bond acceptors (Lipinski definition) is 7. The molecule has 1 aliphatic heterocycles. The van der Waals surface area contributed by atoms with Crippen LogP contribution in [0.5, 0.6) is 0 Å². The van der Waals surface area contributed by atoms with E-state index in [1.165, 1.54) is 19.2 Å². The van der Waals surface area contributed by atoms with Crippen LogP contribution in [0.4, 0.5) is 11.5 Å². The Kier molecular flexibility index (Phi) is 4.78. The number of carbonyl (C=O) groups excluding carboxylic acids is 1. The Labute approximate surface area is 120 Å². The molecule has 1 aromatic rings. The Bertz CT molecular complexity index is 517. The highest BCUT2D eigenvalue weighted by molar-refractivity contribution is 7.99. The van der Waals surface area contributed by atoms with E-state index in [9.17, 15) is 14.9 Å². The topological polar surface area (TPSA) is 94.4 Å². The second-order valence-corrected chi connectivity index (χ2v) is 5.52. The molecule has 0 amide bonds. The van der Waals surface area contributed by atoms with E-state index in [2.05, 4.69) is 15.0 Å². The number of rotatable bonds is 4. The molecule has 0 aliphatic carbocycles. The zero-order valence-corrected chi connectivity index (χ0v) is 11.8. The summed E-state index contributed by atoms with van der Waals surface area (Å²) in [6.45, 7) is 0. The third kappa shape index (κ3) is 3.38. The summed E-state index contributed by atoms with van der Waals surface area (Å²) < 4.78 is 4.58. The van der Waals surface area contributed by atoms with Gasteiger partial charge in [0.1, 0.15) is 0 Å². The number of carbonyl (C=O) groups is 1. The summed E-state index contributed by atoms with van der Waals surface area (Å²) in [6.07, 6.45) is 2.00. The van der Waals surface area contributed by atoms with Crippen molar-refractivity contribution in [2.45, 2.75) is 18.9 Å². The lowest BCUT2D eigenvalue weighted by molar-refractivity contribution is -0.384. The molecule has 1 saturated heterocycles. The average molecular weight is 297 g/mol. The molecule has 1 unspecified atom stereocenters. The molecule has 108 valence electrons. The van der Waals surface area contributed by atoms with Gasteiger partial charge in [-0.05, 0) is 24.7 Å². The Hall–Kier alpha value is -1.83. The Morgan fingerprint density at radius 1 is 1.60 bits per heavy atom. The molecular weight excluding hydrogens is 282 g/mol. The van der Waals surface area contributed by atoms with Crippen molar-refractivity contribution in [3.63, 3.8) is 0 Å². The monoisotopic (exact) mass is 297 g/mol. The smallest absolute Gasteiger partial charge is 0.356 e. The summed E-state index contributed by atoms with van der Waals surface area (Å²) in [6, 6.07) is 2.70. The van der Waals surface area contributed by atoms with Gasteiger partial charge in [0.25, 0.3) is 0 Å². The van der Waals surface area contributed by atoms with Gasteiger partial charge in [-0.25, -0.2) is 9.78 Å². The van der Waals surface area contributed by atoms with E-state index in [0.717, 1.165) is 24.3 Å². The third-order valence-corrected chi connectivity index (χ3v) is 4.18. The molecule has 0 spiro atoms. The first kappa shape index (κ1) is 14.6. The van der Waals surface area contributed by atoms with E-state index in [-0.39, 0.29) is 23.2 Å². The van der Waals surface area contributed by atoms with Crippen LogP contribution in [0.2, 0.25) is 0 Å². The van der Waals surface area contributed by atoms with E-state index >= 15 is 0 Å².